The van der Waals surface area contributed by atoms with Crippen LogP contribution in [0.15, 0.2) is 36.8 Å². The van der Waals surface area contributed by atoms with E-state index in [1.807, 2.05) is 0 Å². The van der Waals surface area contributed by atoms with Gasteiger partial charge in [0.05, 0.1) is 28.5 Å². The monoisotopic (exact) mass is 262 g/mol. The lowest BCUT2D eigenvalue weighted by Gasteiger charge is -2.14. The molecule has 0 aliphatic carbocycles. The van der Waals surface area contributed by atoms with Crippen molar-refractivity contribution in [3.8, 4) is 0 Å². The van der Waals surface area contributed by atoms with Crippen molar-refractivity contribution in [2.24, 2.45) is 0 Å². The molecule has 19 heavy (non-hydrogen) atoms. The van der Waals surface area contributed by atoms with Crippen LogP contribution in [0, 0.1) is 15.9 Å². The molecule has 2 rings (SSSR count). The Labute approximate surface area is 108 Å². The smallest absolute Gasteiger partial charge is 0.271 e. The largest absolute Gasteiger partial charge is 0.374 e. The van der Waals surface area contributed by atoms with Gasteiger partial charge in [-0.25, -0.2) is 4.39 Å². The van der Waals surface area contributed by atoms with Crippen LogP contribution in [-0.4, -0.2) is 14.9 Å². The van der Waals surface area contributed by atoms with Crippen molar-refractivity contribution in [2.45, 2.75) is 13.0 Å². The molecule has 6 nitrogen and oxygen atoms in total. The standard InChI is InChI=1S/C12H11FN4O2/c1-8(12-7-14-4-5-15-12)16-11-6-9(17(18)19)2-3-10(11)13/h2-8,16H,1H3. The molecule has 1 aromatic carbocycles. The number of hydrogen-bond donors (Lipinski definition) is 1. The maximum atomic E-state index is 13.6. The number of nitrogens with one attached hydrogen (secondary N) is 1. The van der Waals surface area contributed by atoms with Crippen LogP contribution in [0.4, 0.5) is 15.8 Å². The molecule has 1 N–H and O–H groups in total. The van der Waals surface area contributed by atoms with E-state index in [-0.39, 0.29) is 17.4 Å². The molecular formula is C12H11FN4O2. The van der Waals surface area contributed by atoms with Crippen LogP contribution in [0.3, 0.4) is 0 Å². The summed E-state index contributed by atoms with van der Waals surface area (Å²) in [6.45, 7) is 1.77. The summed E-state index contributed by atoms with van der Waals surface area (Å²) in [4.78, 5) is 18.1. The van der Waals surface area contributed by atoms with E-state index < -0.39 is 10.7 Å². The minimum atomic E-state index is -0.572. The number of benzene rings is 1. The second-order valence-corrected chi connectivity index (χ2v) is 3.92. The van der Waals surface area contributed by atoms with Crippen LogP contribution < -0.4 is 5.32 Å². The minimum Gasteiger partial charge on any atom is -0.374 e. The van der Waals surface area contributed by atoms with Gasteiger partial charge in [-0.2, -0.15) is 0 Å². The van der Waals surface area contributed by atoms with Crippen molar-refractivity contribution < 1.29 is 9.31 Å². The minimum absolute atomic E-state index is 0.0624. The number of non-ortho nitro benzene ring substituents is 1. The highest BCUT2D eigenvalue weighted by Gasteiger charge is 2.14. The topological polar surface area (TPSA) is 81.0 Å². The fraction of sp³-hybridized carbons (Fsp3) is 0.167. The summed E-state index contributed by atoms with van der Waals surface area (Å²) in [5.74, 6) is -0.554. The van der Waals surface area contributed by atoms with Crippen molar-refractivity contribution in [1.82, 2.24) is 9.97 Å². The van der Waals surface area contributed by atoms with Crippen molar-refractivity contribution in [3.05, 3.63) is 58.4 Å². The quantitative estimate of drug-likeness (QED) is 0.676. The molecule has 0 fully saturated rings. The number of nitrogens with zero attached hydrogens (tertiary/aromatic N) is 3. The lowest BCUT2D eigenvalue weighted by Crippen LogP contribution is -2.10. The zero-order valence-electron chi connectivity index (χ0n) is 10.1. The Morgan fingerprint density at radius 1 is 1.42 bits per heavy atom. The summed E-state index contributed by atoms with van der Waals surface area (Å²) in [6, 6.07) is 3.02. The van der Waals surface area contributed by atoms with Gasteiger partial charge in [-0.1, -0.05) is 0 Å². The van der Waals surface area contributed by atoms with Gasteiger partial charge in [0.15, 0.2) is 0 Å². The van der Waals surface area contributed by atoms with Gasteiger partial charge in [-0.15, -0.1) is 0 Å². The van der Waals surface area contributed by atoms with E-state index in [1.54, 1.807) is 13.1 Å². The van der Waals surface area contributed by atoms with Crippen molar-refractivity contribution >= 4 is 11.4 Å². The van der Waals surface area contributed by atoms with Crippen LogP contribution in [0.1, 0.15) is 18.7 Å². The van der Waals surface area contributed by atoms with Crippen LogP contribution in [0.25, 0.3) is 0 Å². The Morgan fingerprint density at radius 2 is 2.21 bits per heavy atom. The molecule has 0 saturated carbocycles. The van der Waals surface area contributed by atoms with Crippen molar-refractivity contribution in [2.75, 3.05) is 5.32 Å². The highest BCUT2D eigenvalue weighted by molar-refractivity contribution is 5.53. The van der Waals surface area contributed by atoms with Gasteiger partial charge in [0, 0.05) is 24.5 Å². The van der Waals surface area contributed by atoms with E-state index in [2.05, 4.69) is 15.3 Å². The first-order chi connectivity index (χ1) is 9.08. The zero-order valence-corrected chi connectivity index (χ0v) is 10.1. The van der Waals surface area contributed by atoms with E-state index in [4.69, 9.17) is 0 Å². The predicted molar refractivity (Wildman–Crippen MR) is 67.1 cm³/mol. The van der Waals surface area contributed by atoms with Crippen LogP contribution >= 0.6 is 0 Å². The highest BCUT2D eigenvalue weighted by Crippen LogP contribution is 2.24. The first kappa shape index (κ1) is 12.9. The summed E-state index contributed by atoms with van der Waals surface area (Å²) >= 11 is 0. The summed E-state index contributed by atoms with van der Waals surface area (Å²) in [6.07, 6.45) is 4.61. The SMILES string of the molecule is CC(Nc1cc([N+](=O)[O-])ccc1F)c1cnccn1. The molecule has 98 valence electrons. The maximum Gasteiger partial charge on any atom is 0.271 e. The number of hydrogen-bond acceptors (Lipinski definition) is 5. The van der Waals surface area contributed by atoms with Crippen LogP contribution in [0.2, 0.25) is 0 Å². The number of nitro benzene ring substituents is 1. The van der Waals surface area contributed by atoms with Gasteiger partial charge in [0.2, 0.25) is 0 Å². The number of rotatable bonds is 4. The molecule has 0 saturated heterocycles. The fourth-order valence-electron chi connectivity index (χ4n) is 1.58. The summed E-state index contributed by atoms with van der Waals surface area (Å²) in [7, 11) is 0. The average molecular weight is 262 g/mol. The number of halogens is 1. The van der Waals surface area contributed by atoms with E-state index >= 15 is 0 Å². The molecule has 1 heterocycles. The number of aromatic nitrogens is 2. The molecule has 1 unspecified atom stereocenters. The van der Waals surface area contributed by atoms with Gasteiger partial charge in [-0.05, 0) is 13.0 Å². The van der Waals surface area contributed by atoms with Crippen molar-refractivity contribution in [3.63, 3.8) is 0 Å². The highest BCUT2D eigenvalue weighted by atomic mass is 19.1. The third-order valence-electron chi connectivity index (χ3n) is 2.56. The summed E-state index contributed by atoms with van der Waals surface area (Å²) < 4.78 is 13.6. The lowest BCUT2D eigenvalue weighted by atomic mass is 10.2. The van der Waals surface area contributed by atoms with Gasteiger partial charge >= 0.3 is 0 Å². The van der Waals surface area contributed by atoms with Gasteiger partial charge in [0.1, 0.15) is 5.82 Å². The van der Waals surface area contributed by atoms with Gasteiger partial charge in [0.25, 0.3) is 5.69 Å². The first-order valence-corrected chi connectivity index (χ1v) is 5.54. The second kappa shape index (κ2) is 5.38. The maximum absolute atomic E-state index is 13.6. The molecule has 7 heteroatoms. The lowest BCUT2D eigenvalue weighted by molar-refractivity contribution is -0.384. The molecule has 2 aromatic rings. The molecule has 0 amide bonds. The fourth-order valence-corrected chi connectivity index (χ4v) is 1.58. The summed E-state index contributed by atoms with van der Waals surface area (Å²) in [5, 5.41) is 13.5. The first-order valence-electron chi connectivity index (χ1n) is 5.54. The van der Waals surface area contributed by atoms with Crippen LogP contribution in [-0.2, 0) is 0 Å². The second-order valence-electron chi connectivity index (χ2n) is 3.92. The Balaban J connectivity index is 2.23. The van der Waals surface area contributed by atoms with Crippen molar-refractivity contribution in [1.29, 1.82) is 0 Å². The summed E-state index contributed by atoms with van der Waals surface area (Å²) in [5.41, 5.74) is 0.510. The van der Waals surface area contributed by atoms with Crippen LogP contribution in [0.5, 0.6) is 0 Å². The molecule has 0 spiro atoms. The zero-order chi connectivity index (χ0) is 13.8. The molecular weight excluding hydrogens is 251 g/mol. The number of anilines is 1. The van der Waals surface area contributed by atoms with E-state index in [1.165, 1.54) is 12.4 Å². The average Bonchev–Trinajstić information content (AvgIpc) is 2.42. The molecule has 1 aromatic heterocycles. The van der Waals surface area contributed by atoms with E-state index in [9.17, 15) is 14.5 Å². The molecule has 0 bridgehead atoms. The number of nitro groups is 1. The third kappa shape index (κ3) is 3.01. The Bertz CT molecular complexity index is 592. The Hall–Kier alpha value is -2.57. The van der Waals surface area contributed by atoms with Gasteiger partial charge in [-0.3, -0.25) is 20.1 Å². The normalized spacial score (nSPS) is 11.9. The Morgan fingerprint density at radius 3 is 2.84 bits per heavy atom. The molecule has 1 atom stereocenters. The molecule has 0 aliphatic rings. The van der Waals surface area contributed by atoms with E-state index in [0.29, 0.717) is 5.69 Å². The Kier molecular flexibility index (Phi) is 3.65. The predicted octanol–water partition coefficient (Wildman–Crippen LogP) is 2.70. The van der Waals surface area contributed by atoms with Gasteiger partial charge < -0.3 is 5.32 Å². The molecule has 0 radical (unpaired) electrons. The third-order valence-corrected chi connectivity index (χ3v) is 2.56. The molecule has 0 aliphatic heterocycles. The van der Waals surface area contributed by atoms with E-state index in [0.717, 1.165) is 18.2 Å².